The highest BCUT2D eigenvalue weighted by atomic mass is 16.4. The Kier molecular flexibility index (Phi) is 3.36. The number of nitrogens with zero attached hydrogens (tertiary/aromatic N) is 1. The molecule has 1 heterocycles. The zero-order chi connectivity index (χ0) is 12.4. The number of aryl methyl sites for hydroxylation is 1. The van der Waals surface area contributed by atoms with Crippen LogP contribution in [0.5, 0.6) is 0 Å². The lowest BCUT2D eigenvalue weighted by Crippen LogP contribution is -2.20. The fourth-order valence-corrected chi connectivity index (χ4v) is 2.53. The van der Waals surface area contributed by atoms with E-state index in [0.717, 1.165) is 30.8 Å². The molecule has 2 rings (SSSR count). The van der Waals surface area contributed by atoms with E-state index in [1.807, 2.05) is 6.07 Å². The van der Waals surface area contributed by atoms with E-state index in [1.54, 1.807) is 6.07 Å². The molecule has 0 amide bonds. The van der Waals surface area contributed by atoms with Gasteiger partial charge >= 0.3 is 5.97 Å². The van der Waals surface area contributed by atoms with Crippen LogP contribution in [0.2, 0.25) is 0 Å². The van der Waals surface area contributed by atoms with Crippen molar-refractivity contribution in [2.45, 2.75) is 33.1 Å². The van der Waals surface area contributed by atoms with E-state index >= 15 is 0 Å². The van der Waals surface area contributed by atoms with E-state index in [0.29, 0.717) is 5.56 Å². The maximum absolute atomic E-state index is 11.1. The van der Waals surface area contributed by atoms with Gasteiger partial charge < -0.3 is 10.0 Å². The molecule has 3 heteroatoms. The fraction of sp³-hybridized carbons (Fsp3) is 0.500. The standard InChI is InChI=1S/C14H19NO2/c1-3-11-8-12(14(16)17)9-13(10(11)2)15-6-4-5-7-15/h8-9H,3-7H2,1-2H3,(H,16,17). The van der Waals surface area contributed by atoms with Gasteiger partial charge in [0, 0.05) is 18.8 Å². The van der Waals surface area contributed by atoms with Gasteiger partial charge in [-0.05, 0) is 49.4 Å². The predicted octanol–water partition coefficient (Wildman–Crippen LogP) is 2.86. The van der Waals surface area contributed by atoms with Gasteiger partial charge in [0.15, 0.2) is 0 Å². The Morgan fingerprint density at radius 2 is 2.00 bits per heavy atom. The molecule has 17 heavy (non-hydrogen) atoms. The third kappa shape index (κ3) is 2.28. The van der Waals surface area contributed by atoms with Crippen LogP contribution in [-0.2, 0) is 6.42 Å². The van der Waals surface area contributed by atoms with Crippen molar-refractivity contribution in [3.8, 4) is 0 Å². The minimum atomic E-state index is -0.833. The normalized spacial score (nSPS) is 15.3. The lowest BCUT2D eigenvalue weighted by molar-refractivity contribution is 0.0697. The van der Waals surface area contributed by atoms with Crippen molar-refractivity contribution in [1.82, 2.24) is 0 Å². The van der Waals surface area contributed by atoms with Crippen LogP contribution in [0, 0.1) is 6.92 Å². The summed E-state index contributed by atoms with van der Waals surface area (Å²) in [5, 5.41) is 9.14. The van der Waals surface area contributed by atoms with Crippen molar-refractivity contribution in [1.29, 1.82) is 0 Å². The van der Waals surface area contributed by atoms with Crippen LogP contribution in [0.15, 0.2) is 12.1 Å². The Balaban J connectivity index is 2.48. The number of hydrogen-bond donors (Lipinski definition) is 1. The van der Waals surface area contributed by atoms with Crippen molar-refractivity contribution < 1.29 is 9.90 Å². The van der Waals surface area contributed by atoms with Crippen molar-refractivity contribution in [3.05, 3.63) is 28.8 Å². The minimum absolute atomic E-state index is 0.411. The Bertz CT molecular complexity index is 434. The van der Waals surface area contributed by atoms with Gasteiger partial charge in [-0.2, -0.15) is 0 Å². The maximum Gasteiger partial charge on any atom is 0.335 e. The van der Waals surface area contributed by atoms with E-state index < -0.39 is 5.97 Å². The highest BCUT2D eigenvalue weighted by molar-refractivity contribution is 5.89. The van der Waals surface area contributed by atoms with Crippen LogP contribution >= 0.6 is 0 Å². The van der Waals surface area contributed by atoms with Gasteiger partial charge in [0.2, 0.25) is 0 Å². The molecule has 1 aromatic carbocycles. The van der Waals surface area contributed by atoms with Crippen molar-refractivity contribution in [3.63, 3.8) is 0 Å². The second-order valence-electron chi connectivity index (χ2n) is 4.63. The summed E-state index contributed by atoms with van der Waals surface area (Å²) in [6.45, 7) is 6.26. The molecule has 1 aliphatic heterocycles. The molecular weight excluding hydrogens is 214 g/mol. The van der Waals surface area contributed by atoms with Crippen LogP contribution in [0.25, 0.3) is 0 Å². The number of benzene rings is 1. The van der Waals surface area contributed by atoms with Crippen LogP contribution in [-0.4, -0.2) is 24.2 Å². The molecule has 1 fully saturated rings. The van der Waals surface area contributed by atoms with Gasteiger partial charge in [-0.3, -0.25) is 0 Å². The van der Waals surface area contributed by atoms with Crippen molar-refractivity contribution in [2.75, 3.05) is 18.0 Å². The summed E-state index contributed by atoms with van der Waals surface area (Å²) in [6, 6.07) is 3.62. The summed E-state index contributed by atoms with van der Waals surface area (Å²) >= 11 is 0. The van der Waals surface area contributed by atoms with E-state index in [9.17, 15) is 4.79 Å². The van der Waals surface area contributed by atoms with Gasteiger partial charge in [-0.1, -0.05) is 6.92 Å². The average Bonchev–Trinajstić information content (AvgIpc) is 2.82. The topological polar surface area (TPSA) is 40.5 Å². The minimum Gasteiger partial charge on any atom is -0.478 e. The number of carboxylic acids is 1. The van der Waals surface area contributed by atoms with Crippen LogP contribution < -0.4 is 4.90 Å². The number of carbonyl (C=O) groups is 1. The molecule has 92 valence electrons. The van der Waals surface area contributed by atoms with Gasteiger partial charge in [0.1, 0.15) is 0 Å². The Morgan fingerprint density at radius 1 is 1.35 bits per heavy atom. The van der Waals surface area contributed by atoms with Gasteiger partial charge in [-0.15, -0.1) is 0 Å². The van der Waals surface area contributed by atoms with Crippen molar-refractivity contribution in [2.24, 2.45) is 0 Å². The van der Waals surface area contributed by atoms with E-state index in [4.69, 9.17) is 5.11 Å². The number of hydrogen-bond acceptors (Lipinski definition) is 2. The second-order valence-corrected chi connectivity index (χ2v) is 4.63. The first-order chi connectivity index (χ1) is 8.13. The van der Waals surface area contributed by atoms with Gasteiger partial charge in [0.05, 0.1) is 5.56 Å². The molecule has 0 radical (unpaired) electrons. The largest absolute Gasteiger partial charge is 0.478 e. The quantitative estimate of drug-likeness (QED) is 0.872. The number of aromatic carboxylic acids is 1. The maximum atomic E-state index is 11.1. The third-order valence-electron chi connectivity index (χ3n) is 3.56. The van der Waals surface area contributed by atoms with Crippen LogP contribution in [0.1, 0.15) is 41.3 Å². The number of rotatable bonds is 3. The van der Waals surface area contributed by atoms with E-state index in [2.05, 4.69) is 18.7 Å². The molecule has 0 aromatic heterocycles. The first-order valence-corrected chi connectivity index (χ1v) is 6.25. The highest BCUT2D eigenvalue weighted by Crippen LogP contribution is 2.28. The average molecular weight is 233 g/mol. The first kappa shape index (κ1) is 12.0. The predicted molar refractivity (Wildman–Crippen MR) is 69.0 cm³/mol. The summed E-state index contributed by atoms with van der Waals surface area (Å²) in [5.74, 6) is -0.833. The van der Waals surface area contributed by atoms with Crippen LogP contribution in [0.3, 0.4) is 0 Å². The molecule has 0 spiro atoms. The van der Waals surface area contributed by atoms with Crippen molar-refractivity contribution >= 4 is 11.7 Å². The molecule has 0 atom stereocenters. The summed E-state index contributed by atoms with van der Waals surface area (Å²) in [5.41, 5.74) is 3.90. The molecule has 0 bridgehead atoms. The fourth-order valence-electron chi connectivity index (χ4n) is 2.53. The molecule has 1 N–H and O–H groups in total. The molecular formula is C14H19NO2. The second kappa shape index (κ2) is 4.78. The molecule has 1 saturated heterocycles. The zero-order valence-corrected chi connectivity index (χ0v) is 10.5. The summed E-state index contributed by atoms with van der Waals surface area (Å²) in [6.07, 6.45) is 3.30. The summed E-state index contributed by atoms with van der Waals surface area (Å²) in [7, 11) is 0. The molecule has 3 nitrogen and oxygen atoms in total. The molecule has 1 aliphatic rings. The van der Waals surface area contributed by atoms with E-state index in [1.165, 1.54) is 18.4 Å². The number of anilines is 1. The molecule has 0 aliphatic carbocycles. The Hall–Kier alpha value is -1.51. The molecule has 0 saturated carbocycles. The highest BCUT2D eigenvalue weighted by Gasteiger charge is 2.18. The monoisotopic (exact) mass is 233 g/mol. The van der Waals surface area contributed by atoms with Gasteiger partial charge in [-0.25, -0.2) is 4.79 Å². The third-order valence-corrected chi connectivity index (χ3v) is 3.56. The zero-order valence-electron chi connectivity index (χ0n) is 10.5. The Labute approximate surface area is 102 Å². The summed E-state index contributed by atoms with van der Waals surface area (Å²) < 4.78 is 0. The van der Waals surface area contributed by atoms with E-state index in [-0.39, 0.29) is 0 Å². The lowest BCUT2D eigenvalue weighted by Gasteiger charge is -2.22. The van der Waals surface area contributed by atoms with Crippen LogP contribution in [0.4, 0.5) is 5.69 Å². The first-order valence-electron chi connectivity index (χ1n) is 6.25. The summed E-state index contributed by atoms with van der Waals surface area (Å²) in [4.78, 5) is 13.4. The lowest BCUT2D eigenvalue weighted by atomic mass is 10.00. The Morgan fingerprint density at radius 3 is 2.53 bits per heavy atom. The molecule has 1 aromatic rings. The molecule has 0 unspecified atom stereocenters. The number of carboxylic acid groups (broad SMARTS) is 1. The van der Waals surface area contributed by atoms with Gasteiger partial charge in [0.25, 0.3) is 0 Å². The smallest absolute Gasteiger partial charge is 0.335 e. The SMILES string of the molecule is CCc1cc(C(=O)O)cc(N2CCCC2)c1C.